The highest BCUT2D eigenvalue weighted by molar-refractivity contribution is 5.32. The van der Waals surface area contributed by atoms with Crippen molar-refractivity contribution in [3.63, 3.8) is 0 Å². The molecule has 0 atom stereocenters. The van der Waals surface area contributed by atoms with E-state index in [1.165, 1.54) is 6.07 Å². The minimum Gasteiger partial charge on any atom is -0.477 e. The number of piperidine rings is 1. The van der Waals surface area contributed by atoms with E-state index >= 15 is 0 Å². The number of nitriles is 1. The number of hydrogen-bond acceptors (Lipinski definition) is 4. The minimum absolute atomic E-state index is 0.297. The molecular weight excluding hydrogens is 305 g/mol. The Labute approximate surface area is 141 Å². The summed E-state index contributed by atoms with van der Waals surface area (Å²) in [6, 6.07) is 12.3. The third-order valence-electron chi connectivity index (χ3n) is 4.39. The van der Waals surface area contributed by atoms with Crippen LogP contribution in [0.15, 0.2) is 42.6 Å². The highest BCUT2D eigenvalue weighted by Gasteiger charge is 2.20. The standard InChI is InChI=1S/C19H20FN3O/c20-18-11-16(12-21)4-5-17(18)13-23-9-6-15(7-10-23)14-24-19-3-1-2-8-22-19/h1-5,8,11,15H,6-7,9-10,13-14H2. The van der Waals surface area contributed by atoms with E-state index in [0.29, 0.717) is 36.1 Å². The Morgan fingerprint density at radius 2 is 2.08 bits per heavy atom. The van der Waals surface area contributed by atoms with E-state index in [4.69, 9.17) is 10.00 Å². The van der Waals surface area contributed by atoms with Crippen molar-refractivity contribution in [3.8, 4) is 11.9 Å². The number of halogens is 1. The van der Waals surface area contributed by atoms with Crippen LogP contribution in [0.3, 0.4) is 0 Å². The van der Waals surface area contributed by atoms with Crippen molar-refractivity contribution in [2.45, 2.75) is 19.4 Å². The molecule has 1 saturated heterocycles. The van der Waals surface area contributed by atoms with Crippen molar-refractivity contribution in [1.29, 1.82) is 5.26 Å². The Hall–Kier alpha value is -2.45. The predicted octanol–water partition coefficient (Wildman–Crippen LogP) is 3.38. The zero-order valence-electron chi connectivity index (χ0n) is 13.5. The third-order valence-corrected chi connectivity index (χ3v) is 4.39. The topological polar surface area (TPSA) is 49.2 Å². The number of aromatic nitrogens is 1. The van der Waals surface area contributed by atoms with Crippen LogP contribution >= 0.6 is 0 Å². The van der Waals surface area contributed by atoms with Gasteiger partial charge in [-0.3, -0.25) is 4.90 Å². The van der Waals surface area contributed by atoms with Crippen molar-refractivity contribution >= 4 is 0 Å². The van der Waals surface area contributed by atoms with Gasteiger partial charge in [0.05, 0.1) is 18.2 Å². The first-order valence-corrected chi connectivity index (χ1v) is 8.19. The Morgan fingerprint density at radius 3 is 2.75 bits per heavy atom. The summed E-state index contributed by atoms with van der Waals surface area (Å²) in [4.78, 5) is 6.41. The van der Waals surface area contributed by atoms with Gasteiger partial charge in [0.15, 0.2) is 0 Å². The second kappa shape index (κ2) is 7.89. The Kier molecular flexibility index (Phi) is 5.39. The van der Waals surface area contributed by atoms with Crippen molar-refractivity contribution < 1.29 is 9.13 Å². The third kappa shape index (κ3) is 4.30. The SMILES string of the molecule is N#Cc1ccc(CN2CCC(COc3ccccn3)CC2)c(F)c1. The molecule has 1 aliphatic heterocycles. The van der Waals surface area contributed by atoms with Crippen LogP contribution in [0.4, 0.5) is 4.39 Å². The molecular formula is C19H20FN3O. The average Bonchev–Trinajstić information content (AvgIpc) is 2.63. The fourth-order valence-corrected chi connectivity index (χ4v) is 2.93. The van der Waals surface area contributed by atoms with Crippen molar-refractivity contribution in [2.75, 3.05) is 19.7 Å². The molecule has 1 aliphatic rings. The highest BCUT2D eigenvalue weighted by atomic mass is 19.1. The van der Waals surface area contributed by atoms with Crippen LogP contribution in [0.1, 0.15) is 24.0 Å². The molecule has 0 N–H and O–H groups in total. The highest BCUT2D eigenvalue weighted by Crippen LogP contribution is 2.21. The predicted molar refractivity (Wildman–Crippen MR) is 88.8 cm³/mol. The van der Waals surface area contributed by atoms with Gasteiger partial charge in [-0.25, -0.2) is 9.37 Å². The van der Waals surface area contributed by atoms with Gasteiger partial charge in [-0.2, -0.15) is 5.26 Å². The van der Waals surface area contributed by atoms with E-state index in [2.05, 4.69) is 9.88 Å². The zero-order chi connectivity index (χ0) is 16.8. The molecule has 0 bridgehead atoms. The Bertz CT molecular complexity index is 706. The number of nitrogens with zero attached hydrogens (tertiary/aromatic N) is 3. The lowest BCUT2D eigenvalue weighted by molar-refractivity contribution is 0.133. The molecule has 3 rings (SSSR count). The first-order chi connectivity index (χ1) is 11.7. The lowest BCUT2D eigenvalue weighted by Gasteiger charge is -2.31. The van der Waals surface area contributed by atoms with Gasteiger partial charge in [0.2, 0.25) is 5.88 Å². The van der Waals surface area contributed by atoms with Gasteiger partial charge in [-0.15, -0.1) is 0 Å². The first kappa shape index (κ1) is 16.4. The van der Waals surface area contributed by atoms with Crippen molar-refractivity contribution in [1.82, 2.24) is 9.88 Å². The fraction of sp³-hybridized carbons (Fsp3) is 0.368. The molecule has 0 spiro atoms. The average molecular weight is 325 g/mol. The molecule has 0 aliphatic carbocycles. The van der Waals surface area contributed by atoms with Gasteiger partial charge >= 0.3 is 0 Å². The summed E-state index contributed by atoms with van der Waals surface area (Å²) in [7, 11) is 0. The van der Waals surface area contributed by atoms with Gasteiger partial charge in [0, 0.05) is 24.4 Å². The molecule has 2 heterocycles. The van der Waals surface area contributed by atoms with Crippen LogP contribution in [-0.4, -0.2) is 29.6 Å². The summed E-state index contributed by atoms with van der Waals surface area (Å²) in [6.07, 6.45) is 3.79. The molecule has 0 unspecified atom stereocenters. The van der Waals surface area contributed by atoms with Crippen molar-refractivity contribution in [3.05, 3.63) is 59.5 Å². The van der Waals surface area contributed by atoms with Crippen LogP contribution in [0.2, 0.25) is 0 Å². The van der Waals surface area contributed by atoms with E-state index in [9.17, 15) is 4.39 Å². The second-order valence-corrected chi connectivity index (χ2v) is 6.12. The van der Waals surface area contributed by atoms with E-state index in [1.54, 1.807) is 18.3 Å². The summed E-state index contributed by atoms with van der Waals surface area (Å²) >= 11 is 0. The maximum absolute atomic E-state index is 14.0. The largest absolute Gasteiger partial charge is 0.477 e. The number of rotatable bonds is 5. The lowest BCUT2D eigenvalue weighted by Crippen LogP contribution is -2.35. The molecule has 0 radical (unpaired) electrons. The normalized spacial score (nSPS) is 15.8. The molecule has 1 aromatic heterocycles. The summed E-state index contributed by atoms with van der Waals surface area (Å²) in [5, 5.41) is 8.79. The number of likely N-dealkylation sites (tertiary alicyclic amines) is 1. The van der Waals surface area contributed by atoms with Gasteiger partial charge in [-0.05, 0) is 50.0 Å². The summed E-state index contributed by atoms with van der Waals surface area (Å²) < 4.78 is 19.7. The van der Waals surface area contributed by atoms with E-state index in [0.717, 1.165) is 25.9 Å². The molecule has 1 fully saturated rings. The molecule has 0 amide bonds. The molecule has 1 aromatic carbocycles. The number of benzene rings is 1. The lowest BCUT2D eigenvalue weighted by atomic mass is 9.97. The van der Waals surface area contributed by atoms with Crippen molar-refractivity contribution in [2.24, 2.45) is 5.92 Å². The Balaban J connectivity index is 1.46. The minimum atomic E-state index is -0.297. The van der Waals surface area contributed by atoms with Crippen LogP contribution in [0.25, 0.3) is 0 Å². The van der Waals surface area contributed by atoms with Crippen LogP contribution in [0.5, 0.6) is 5.88 Å². The molecule has 0 saturated carbocycles. The smallest absolute Gasteiger partial charge is 0.213 e. The zero-order valence-corrected chi connectivity index (χ0v) is 13.5. The van der Waals surface area contributed by atoms with E-state index in [-0.39, 0.29) is 5.82 Å². The van der Waals surface area contributed by atoms with Gasteiger partial charge in [0.1, 0.15) is 5.82 Å². The van der Waals surface area contributed by atoms with Gasteiger partial charge < -0.3 is 4.74 Å². The quantitative estimate of drug-likeness (QED) is 0.845. The van der Waals surface area contributed by atoms with Crippen LogP contribution in [0, 0.1) is 23.1 Å². The fourth-order valence-electron chi connectivity index (χ4n) is 2.93. The van der Waals surface area contributed by atoms with Gasteiger partial charge in [-0.1, -0.05) is 12.1 Å². The molecule has 24 heavy (non-hydrogen) atoms. The Morgan fingerprint density at radius 1 is 1.25 bits per heavy atom. The monoisotopic (exact) mass is 325 g/mol. The maximum atomic E-state index is 14.0. The number of pyridine rings is 1. The molecule has 5 heteroatoms. The first-order valence-electron chi connectivity index (χ1n) is 8.19. The van der Waals surface area contributed by atoms with E-state index in [1.807, 2.05) is 24.3 Å². The van der Waals surface area contributed by atoms with E-state index < -0.39 is 0 Å². The molecule has 4 nitrogen and oxygen atoms in total. The second-order valence-electron chi connectivity index (χ2n) is 6.12. The number of ether oxygens (including phenoxy) is 1. The van der Waals surface area contributed by atoms with Crippen LogP contribution in [-0.2, 0) is 6.54 Å². The number of hydrogen-bond donors (Lipinski definition) is 0. The van der Waals surface area contributed by atoms with Gasteiger partial charge in [0.25, 0.3) is 0 Å². The summed E-state index contributed by atoms with van der Waals surface area (Å²) in [5.74, 6) is 0.878. The summed E-state index contributed by atoms with van der Waals surface area (Å²) in [6.45, 7) is 3.12. The molecule has 124 valence electrons. The maximum Gasteiger partial charge on any atom is 0.213 e. The summed E-state index contributed by atoms with van der Waals surface area (Å²) in [5.41, 5.74) is 1.01. The molecule has 2 aromatic rings. The van der Waals surface area contributed by atoms with Crippen LogP contribution < -0.4 is 4.74 Å².